The van der Waals surface area contributed by atoms with Crippen molar-refractivity contribution in [1.82, 2.24) is 10.2 Å². The fraction of sp³-hybridized carbons (Fsp3) is 0.700. The summed E-state index contributed by atoms with van der Waals surface area (Å²) < 4.78 is 0. The Balaban J connectivity index is 1.47. The van der Waals surface area contributed by atoms with E-state index in [1.807, 2.05) is 12.2 Å². The van der Waals surface area contributed by atoms with Crippen LogP contribution >= 0.6 is 0 Å². The topological polar surface area (TPSA) is 107 Å². The molecule has 0 unspecified atom stereocenters. The molecule has 3 aliphatic carbocycles. The summed E-state index contributed by atoms with van der Waals surface area (Å²) in [4.78, 5) is 39.7. The zero-order valence-electron chi connectivity index (χ0n) is 22.3. The third kappa shape index (κ3) is 4.58. The minimum Gasteiger partial charge on any atom is -0.507 e. The molecule has 4 fully saturated rings. The van der Waals surface area contributed by atoms with Crippen LogP contribution < -0.4 is 5.32 Å². The first-order chi connectivity index (χ1) is 17.7. The number of Topliss-reactive ketones (excluding diaryl/α,β-unsaturated/α-hetero) is 1. The number of ketones is 1. The molecule has 10 atom stereocenters. The summed E-state index contributed by atoms with van der Waals surface area (Å²) in [7, 11) is 1.58. The fourth-order valence-electron chi connectivity index (χ4n) is 8.78. The lowest BCUT2D eigenvalue weighted by atomic mass is 9.62. The third-order valence-electron chi connectivity index (χ3n) is 10.5. The normalized spacial score (nSPS) is 44.3. The van der Waals surface area contributed by atoms with Gasteiger partial charge in [0.15, 0.2) is 5.78 Å². The third-order valence-corrected chi connectivity index (χ3v) is 10.5. The van der Waals surface area contributed by atoms with Crippen LogP contribution in [0.5, 0.6) is 0 Å². The van der Waals surface area contributed by atoms with Crippen LogP contribution in [-0.4, -0.2) is 58.4 Å². The average Bonchev–Trinajstić information content (AvgIpc) is 3.46. The summed E-state index contributed by atoms with van der Waals surface area (Å²) in [6.45, 7) is 5.06. The summed E-state index contributed by atoms with van der Waals surface area (Å²) in [5.74, 6) is 2.08. The first kappa shape index (κ1) is 26.2. The molecule has 7 nitrogen and oxygen atoms in total. The highest BCUT2D eigenvalue weighted by Gasteiger charge is 2.58. The maximum absolute atomic E-state index is 13.0. The minimum atomic E-state index is -0.629. The van der Waals surface area contributed by atoms with Crippen molar-refractivity contribution >= 4 is 17.6 Å². The summed E-state index contributed by atoms with van der Waals surface area (Å²) in [6.07, 6.45) is 12.4. The number of hydrogen-bond acceptors (Lipinski definition) is 5. The van der Waals surface area contributed by atoms with E-state index in [-0.39, 0.29) is 40.8 Å². The van der Waals surface area contributed by atoms with E-state index in [2.05, 4.69) is 19.2 Å². The minimum absolute atomic E-state index is 0.0177. The molecule has 3 saturated carbocycles. The van der Waals surface area contributed by atoms with E-state index in [9.17, 15) is 24.6 Å². The van der Waals surface area contributed by atoms with Gasteiger partial charge in [-0.15, -0.1) is 0 Å². The van der Waals surface area contributed by atoms with E-state index in [0.29, 0.717) is 49.5 Å². The fourth-order valence-corrected chi connectivity index (χ4v) is 8.78. The summed E-state index contributed by atoms with van der Waals surface area (Å²) in [5.41, 5.74) is -0.152. The van der Waals surface area contributed by atoms with E-state index in [1.54, 1.807) is 13.1 Å². The highest BCUT2D eigenvalue weighted by molar-refractivity contribution is 6.26. The molecule has 5 rings (SSSR count). The zero-order valence-corrected chi connectivity index (χ0v) is 22.3. The molecule has 5 aliphatic rings. The molecule has 0 radical (unpaired) electrons. The Labute approximate surface area is 220 Å². The van der Waals surface area contributed by atoms with Gasteiger partial charge in [-0.05, 0) is 98.0 Å². The maximum Gasteiger partial charge on any atom is 0.261 e. The van der Waals surface area contributed by atoms with Crippen LogP contribution in [0, 0.1) is 47.3 Å². The highest BCUT2D eigenvalue weighted by Crippen LogP contribution is 2.62. The Morgan fingerprint density at radius 3 is 2.62 bits per heavy atom. The largest absolute Gasteiger partial charge is 0.507 e. The number of likely N-dealkylation sites (N-methyl/N-ethyl adjacent to an activating group) is 1. The smallest absolute Gasteiger partial charge is 0.261 e. The van der Waals surface area contributed by atoms with Crippen molar-refractivity contribution in [2.45, 2.75) is 70.9 Å². The van der Waals surface area contributed by atoms with Crippen LogP contribution in [0.15, 0.2) is 35.6 Å². The molecule has 1 saturated heterocycles. The molecule has 0 aromatic carbocycles. The lowest BCUT2D eigenvalue weighted by Crippen LogP contribution is -2.43. The van der Waals surface area contributed by atoms with E-state index >= 15 is 0 Å². The molecular weight excluding hydrogens is 468 g/mol. The SMILES string of the molecule is CC[C@@H]1C[C@H]2C[C@H]3[C@@H]4C/C=C\C(=O)NCCC[C@H]5C(=O)C(=C(O)/C=C/[C@H]4C[C@@H](O)[C@@H]3[C@H]2[C@@H]1C)C(=O)N5C. The average molecular weight is 511 g/mol. The van der Waals surface area contributed by atoms with Crippen molar-refractivity contribution in [3.05, 3.63) is 35.6 Å². The number of allylic oxidation sites excluding steroid dienone is 3. The van der Waals surface area contributed by atoms with Gasteiger partial charge in [0, 0.05) is 13.6 Å². The predicted octanol–water partition coefficient (Wildman–Crippen LogP) is 3.55. The van der Waals surface area contributed by atoms with Crippen LogP contribution in [0.4, 0.5) is 0 Å². The molecule has 37 heavy (non-hydrogen) atoms. The van der Waals surface area contributed by atoms with Gasteiger partial charge < -0.3 is 20.4 Å². The molecule has 0 aromatic rings. The van der Waals surface area contributed by atoms with Crippen LogP contribution in [-0.2, 0) is 14.4 Å². The van der Waals surface area contributed by atoms with Gasteiger partial charge in [0.25, 0.3) is 5.91 Å². The molecule has 2 bridgehead atoms. The molecule has 0 spiro atoms. The van der Waals surface area contributed by atoms with Crippen molar-refractivity contribution in [1.29, 1.82) is 0 Å². The summed E-state index contributed by atoms with van der Waals surface area (Å²) in [5, 5.41) is 25.2. The van der Waals surface area contributed by atoms with E-state index in [1.165, 1.54) is 23.8 Å². The zero-order chi connectivity index (χ0) is 26.4. The van der Waals surface area contributed by atoms with Crippen molar-refractivity contribution < 1.29 is 24.6 Å². The summed E-state index contributed by atoms with van der Waals surface area (Å²) in [6, 6.07) is -0.629. The van der Waals surface area contributed by atoms with E-state index < -0.39 is 18.1 Å². The number of rotatable bonds is 1. The monoisotopic (exact) mass is 510 g/mol. The molecule has 3 N–H and O–H groups in total. The van der Waals surface area contributed by atoms with Gasteiger partial charge in [-0.1, -0.05) is 32.4 Å². The van der Waals surface area contributed by atoms with Gasteiger partial charge in [-0.3, -0.25) is 14.4 Å². The molecule has 7 heteroatoms. The first-order valence-electron chi connectivity index (χ1n) is 14.3. The number of fused-ring (bicyclic) bond motifs is 7. The second kappa shape index (κ2) is 10.4. The molecule has 2 amide bonds. The molecule has 0 aromatic heterocycles. The number of nitrogens with one attached hydrogen (secondary N) is 1. The van der Waals surface area contributed by atoms with Crippen LogP contribution in [0.25, 0.3) is 0 Å². The van der Waals surface area contributed by atoms with Crippen molar-refractivity contribution in [3.8, 4) is 0 Å². The van der Waals surface area contributed by atoms with Crippen LogP contribution in [0.3, 0.4) is 0 Å². The van der Waals surface area contributed by atoms with Crippen LogP contribution in [0.2, 0.25) is 0 Å². The number of aliphatic hydroxyl groups excluding tert-OH is 2. The Hall–Kier alpha value is -2.41. The van der Waals surface area contributed by atoms with Gasteiger partial charge >= 0.3 is 0 Å². The Kier molecular flexibility index (Phi) is 7.36. The number of amides is 2. The van der Waals surface area contributed by atoms with Crippen molar-refractivity contribution in [3.63, 3.8) is 0 Å². The lowest BCUT2D eigenvalue weighted by molar-refractivity contribution is -0.125. The van der Waals surface area contributed by atoms with Gasteiger partial charge in [-0.2, -0.15) is 0 Å². The Morgan fingerprint density at radius 2 is 1.86 bits per heavy atom. The highest BCUT2D eigenvalue weighted by atomic mass is 16.3. The second-order valence-electron chi connectivity index (χ2n) is 12.2. The van der Waals surface area contributed by atoms with E-state index in [4.69, 9.17) is 0 Å². The lowest BCUT2D eigenvalue weighted by Gasteiger charge is -2.44. The molecule has 2 heterocycles. The maximum atomic E-state index is 13.0. The first-order valence-corrected chi connectivity index (χ1v) is 14.3. The van der Waals surface area contributed by atoms with Crippen molar-refractivity contribution in [2.75, 3.05) is 13.6 Å². The van der Waals surface area contributed by atoms with Gasteiger partial charge in [0.1, 0.15) is 11.3 Å². The Morgan fingerprint density at radius 1 is 1.08 bits per heavy atom. The number of carbonyl (C=O) groups excluding carboxylic acids is 3. The molecule has 202 valence electrons. The predicted molar refractivity (Wildman–Crippen MR) is 140 cm³/mol. The summed E-state index contributed by atoms with van der Waals surface area (Å²) >= 11 is 0. The van der Waals surface area contributed by atoms with Gasteiger partial charge in [0.05, 0.1) is 12.1 Å². The number of nitrogens with zero attached hydrogens (tertiary/aromatic N) is 1. The molecular formula is C30H42N2O5. The number of carbonyl (C=O) groups is 3. The number of hydrogen-bond donors (Lipinski definition) is 3. The number of likely N-dealkylation sites (tertiary alicyclic amines) is 1. The van der Waals surface area contributed by atoms with Gasteiger partial charge in [0.2, 0.25) is 5.91 Å². The van der Waals surface area contributed by atoms with E-state index in [0.717, 1.165) is 18.8 Å². The molecule has 2 aliphatic heterocycles. The second-order valence-corrected chi connectivity index (χ2v) is 12.2. The Bertz CT molecular complexity index is 1030. The quantitative estimate of drug-likeness (QED) is 0.468. The standard InChI is InChI=1S/C30H42N2O5/c1-4-17-13-19-14-21-20-7-5-9-25(35)31-12-6-8-22-29(36)28(30(37)32(22)3)23(33)11-10-18(20)15-24(34)27(21)26(19)16(17)2/h5,9-11,16-22,24,26-27,33-34H,4,6-8,12-15H2,1-3H3,(H,31,35)/b9-5-,11-10+,28-23?/t16-,17-,18+,19+,20-,21+,22+,24-,26+,27-/m1/s1. The van der Waals surface area contributed by atoms with Crippen LogP contribution in [0.1, 0.15) is 58.8 Å². The number of aliphatic hydroxyl groups is 2. The van der Waals surface area contributed by atoms with Crippen molar-refractivity contribution in [2.24, 2.45) is 47.3 Å². The van der Waals surface area contributed by atoms with Gasteiger partial charge in [-0.25, -0.2) is 0 Å².